The molecule has 116 valence electrons. The molecule has 0 atom stereocenters. The van der Waals surface area contributed by atoms with E-state index in [2.05, 4.69) is 4.18 Å². The van der Waals surface area contributed by atoms with Crippen LogP contribution in [0, 0.1) is 0 Å². The van der Waals surface area contributed by atoms with Crippen molar-refractivity contribution in [3.63, 3.8) is 0 Å². The van der Waals surface area contributed by atoms with Gasteiger partial charge in [0.1, 0.15) is 5.75 Å². The van der Waals surface area contributed by atoms with Crippen LogP contribution in [0.3, 0.4) is 0 Å². The Labute approximate surface area is 120 Å². The van der Waals surface area contributed by atoms with Crippen LogP contribution in [-0.2, 0) is 23.0 Å². The third-order valence-corrected chi connectivity index (χ3v) is 4.32. The number of benzene rings is 1. The molecule has 0 fully saturated rings. The van der Waals surface area contributed by atoms with Crippen LogP contribution < -0.4 is 4.18 Å². The number of fused-ring (bicyclic) bond motifs is 1. The monoisotopic (exact) mass is 322 g/mol. The molecular weight excluding hydrogens is 309 g/mol. The average molecular weight is 322 g/mol. The van der Waals surface area contributed by atoms with Crippen molar-refractivity contribution in [2.75, 3.05) is 0 Å². The maximum Gasteiger partial charge on any atom is 0.534 e. The van der Waals surface area contributed by atoms with Gasteiger partial charge in [-0.15, -0.1) is 0 Å². The van der Waals surface area contributed by atoms with Gasteiger partial charge >= 0.3 is 15.6 Å². The molecule has 1 aromatic rings. The van der Waals surface area contributed by atoms with E-state index in [1.54, 1.807) is 0 Å². The largest absolute Gasteiger partial charge is 0.534 e. The lowest BCUT2D eigenvalue weighted by atomic mass is 9.86. The number of ketones is 1. The molecule has 21 heavy (non-hydrogen) atoms. The van der Waals surface area contributed by atoms with E-state index < -0.39 is 15.6 Å². The molecule has 0 saturated carbocycles. The van der Waals surface area contributed by atoms with Crippen molar-refractivity contribution in [3.05, 3.63) is 28.8 Å². The van der Waals surface area contributed by atoms with Crippen molar-refractivity contribution in [2.45, 2.75) is 38.1 Å². The minimum atomic E-state index is -5.70. The smallest absolute Gasteiger partial charge is 0.376 e. The summed E-state index contributed by atoms with van der Waals surface area (Å²) in [5, 5.41) is 0. The molecule has 0 saturated heterocycles. The summed E-state index contributed by atoms with van der Waals surface area (Å²) in [7, 11) is -5.70. The fourth-order valence-electron chi connectivity index (χ4n) is 2.41. The van der Waals surface area contributed by atoms with Crippen LogP contribution in [0.1, 0.15) is 41.3 Å². The van der Waals surface area contributed by atoms with Crippen molar-refractivity contribution in [1.82, 2.24) is 0 Å². The number of carbonyl (C=O) groups excluding carboxylic acids is 1. The van der Waals surface area contributed by atoms with E-state index in [4.69, 9.17) is 0 Å². The number of halogens is 3. The van der Waals surface area contributed by atoms with E-state index >= 15 is 0 Å². The molecular formula is C13H13F3O4S. The topological polar surface area (TPSA) is 60.4 Å². The van der Waals surface area contributed by atoms with Crippen LogP contribution in [0.5, 0.6) is 5.75 Å². The van der Waals surface area contributed by atoms with E-state index in [1.165, 1.54) is 13.0 Å². The maximum atomic E-state index is 12.4. The lowest BCUT2D eigenvalue weighted by molar-refractivity contribution is -0.0500. The van der Waals surface area contributed by atoms with Crippen LogP contribution in [0.4, 0.5) is 13.2 Å². The normalized spacial score (nSPS) is 15.4. The van der Waals surface area contributed by atoms with Gasteiger partial charge in [-0.25, -0.2) is 0 Å². The van der Waals surface area contributed by atoms with Crippen molar-refractivity contribution in [3.8, 4) is 5.75 Å². The summed E-state index contributed by atoms with van der Waals surface area (Å²) in [6.07, 6.45) is 2.41. The molecule has 0 unspecified atom stereocenters. The van der Waals surface area contributed by atoms with Crippen LogP contribution in [0.15, 0.2) is 12.1 Å². The number of alkyl halides is 3. The van der Waals surface area contributed by atoms with Crippen molar-refractivity contribution < 1.29 is 30.6 Å². The van der Waals surface area contributed by atoms with Gasteiger partial charge in [0, 0.05) is 5.56 Å². The van der Waals surface area contributed by atoms with Crippen LogP contribution in [-0.4, -0.2) is 19.7 Å². The van der Waals surface area contributed by atoms with Gasteiger partial charge in [0.05, 0.1) is 0 Å². The van der Waals surface area contributed by atoms with Gasteiger partial charge in [-0.05, 0) is 55.9 Å². The van der Waals surface area contributed by atoms with Gasteiger partial charge in [-0.3, -0.25) is 4.79 Å². The highest BCUT2D eigenvalue weighted by Crippen LogP contribution is 2.35. The Morgan fingerprint density at radius 3 is 2.24 bits per heavy atom. The Morgan fingerprint density at radius 1 is 1.14 bits per heavy atom. The molecule has 1 aliphatic rings. The van der Waals surface area contributed by atoms with E-state index in [1.807, 2.05) is 0 Å². The second kappa shape index (κ2) is 5.32. The second-order valence-corrected chi connectivity index (χ2v) is 6.35. The highest BCUT2D eigenvalue weighted by molar-refractivity contribution is 7.88. The van der Waals surface area contributed by atoms with Crippen LogP contribution in [0.2, 0.25) is 0 Å². The molecule has 8 heteroatoms. The summed E-state index contributed by atoms with van der Waals surface area (Å²) in [6, 6.07) is 2.43. The zero-order chi connectivity index (χ0) is 15.8. The molecule has 0 amide bonds. The Balaban J connectivity index is 2.50. The van der Waals surface area contributed by atoms with Crippen LogP contribution >= 0.6 is 0 Å². The summed E-state index contributed by atoms with van der Waals surface area (Å²) in [4.78, 5) is 11.5. The molecule has 0 bridgehead atoms. The quantitative estimate of drug-likeness (QED) is 0.488. The summed E-state index contributed by atoms with van der Waals surface area (Å²) >= 11 is 0. The SMILES string of the molecule is CC(=O)c1ccc(OS(=O)(=O)C(F)(F)F)c2c1CCCC2. The zero-order valence-electron chi connectivity index (χ0n) is 11.2. The molecule has 4 nitrogen and oxygen atoms in total. The predicted molar refractivity (Wildman–Crippen MR) is 68.7 cm³/mol. The Bertz CT molecular complexity index is 677. The van der Waals surface area contributed by atoms with Crippen molar-refractivity contribution >= 4 is 15.9 Å². The lowest BCUT2D eigenvalue weighted by Crippen LogP contribution is -2.28. The average Bonchev–Trinajstić information content (AvgIpc) is 2.37. The number of rotatable bonds is 3. The summed E-state index contributed by atoms with van der Waals surface area (Å²) in [6.45, 7) is 1.36. The Hall–Kier alpha value is -1.57. The lowest BCUT2D eigenvalue weighted by Gasteiger charge is -2.21. The van der Waals surface area contributed by atoms with Crippen LogP contribution in [0.25, 0.3) is 0 Å². The molecule has 0 aromatic heterocycles. The molecule has 0 spiro atoms. The van der Waals surface area contributed by atoms with Gasteiger partial charge in [-0.1, -0.05) is 0 Å². The fraction of sp³-hybridized carbons (Fsp3) is 0.462. The predicted octanol–water partition coefficient (Wildman–Crippen LogP) is 3.00. The highest BCUT2D eigenvalue weighted by atomic mass is 32.2. The van der Waals surface area contributed by atoms with E-state index in [9.17, 15) is 26.4 Å². The Kier molecular flexibility index (Phi) is 4.01. The summed E-state index contributed by atoms with van der Waals surface area (Å²) in [5.74, 6) is -0.551. The summed E-state index contributed by atoms with van der Waals surface area (Å²) < 4.78 is 63.6. The van der Waals surface area contributed by atoms with E-state index in [0.717, 1.165) is 12.5 Å². The van der Waals surface area contributed by atoms with Gasteiger partial charge in [0.25, 0.3) is 0 Å². The molecule has 0 heterocycles. The van der Waals surface area contributed by atoms with E-state index in [-0.39, 0.29) is 11.5 Å². The molecule has 1 aliphatic carbocycles. The van der Waals surface area contributed by atoms with Gasteiger partial charge in [0.2, 0.25) is 0 Å². The zero-order valence-corrected chi connectivity index (χ0v) is 12.0. The van der Waals surface area contributed by atoms with Gasteiger partial charge in [0.15, 0.2) is 5.78 Å². The fourth-order valence-corrected chi connectivity index (χ4v) is 2.90. The molecule has 0 N–H and O–H groups in total. The molecule has 0 aliphatic heterocycles. The first-order chi connectivity index (χ1) is 9.63. The number of carbonyl (C=O) groups is 1. The van der Waals surface area contributed by atoms with E-state index in [0.29, 0.717) is 36.0 Å². The second-order valence-electron chi connectivity index (χ2n) is 4.81. The summed E-state index contributed by atoms with van der Waals surface area (Å²) in [5.41, 5.74) is -4.11. The molecule has 1 aromatic carbocycles. The number of hydrogen-bond acceptors (Lipinski definition) is 4. The minimum Gasteiger partial charge on any atom is -0.376 e. The highest BCUT2D eigenvalue weighted by Gasteiger charge is 2.49. The third-order valence-electron chi connectivity index (χ3n) is 3.35. The molecule has 0 radical (unpaired) electrons. The first kappa shape index (κ1) is 15.8. The van der Waals surface area contributed by atoms with Gasteiger partial charge < -0.3 is 4.18 Å². The van der Waals surface area contributed by atoms with Crippen molar-refractivity contribution in [1.29, 1.82) is 0 Å². The third kappa shape index (κ3) is 3.04. The molecule has 2 rings (SSSR count). The standard InChI is InChI=1S/C13H13F3O4S/c1-8(17)9-6-7-12(11-5-3-2-4-10(9)11)20-21(18,19)13(14,15)16/h6-7H,2-5H2,1H3. The Morgan fingerprint density at radius 2 is 1.71 bits per heavy atom. The van der Waals surface area contributed by atoms with Gasteiger partial charge in [-0.2, -0.15) is 21.6 Å². The maximum absolute atomic E-state index is 12.4. The number of hydrogen-bond donors (Lipinski definition) is 0. The number of Topliss-reactive ketones (excluding diaryl/α,β-unsaturated/α-hetero) is 1. The minimum absolute atomic E-state index is 0.210. The first-order valence-corrected chi connectivity index (χ1v) is 7.71. The van der Waals surface area contributed by atoms with Crippen molar-refractivity contribution in [2.24, 2.45) is 0 Å². The first-order valence-electron chi connectivity index (χ1n) is 6.30.